The van der Waals surface area contributed by atoms with Gasteiger partial charge >= 0.3 is 0 Å². The Labute approximate surface area is 185 Å². The number of methoxy groups -OCH3 is 2. The van der Waals surface area contributed by atoms with Crippen molar-refractivity contribution in [2.24, 2.45) is 0 Å². The predicted octanol–water partition coefficient (Wildman–Crippen LogP) is 5.07. The van der Waals surface area contributed by atoms with Crippen LogP contribution in [0, 0.1) is 0 Å². The lowest BCUT2D eigenvalue weighted by Gasteiger charge is -2.13. The molecule has 32 heavy (non-hydrogen) atoms. The molecule has 0 saturated carbocycles. The molecule has 1 N–H and O–H groups in total. The van der Waals surface area contributed by atoms with E-state index in [2.05, 4.69) is 15.5 Å². The zero-order valence-electron chi connectivity index (χ0n) is 17.6. The van der Waals surface area contributed by atoms with Crippen molar-refractivity contribution in [2.45, 2.75) is 0 Å². The summed E-state index contributed by atoms with van der Waals surface area (Å²) in [6, 6.07) is 22.4. The summed E-state index contributed by atoms with van der Waals surface area (Å²) in [5.74, 6) is 1.30. The van der Waals surface area contributed by atoms with Gasteiger partial charge < -0.3 is 19.3 Å². The van der Waals surface area contributed by atoms with E-state index in [-0.39, 0.29) is 11.8 Å². The van der Waals surface area contributed by atoms with E-state index >= 15 is 0 Å². The maximum absolute atomic E-state index is 12.6. The third-order valence-corrected chi connectivity index (χ3v) is 4.70. The summed E-state index contributed by atoms with van der Waals surface area (Å²) in [7, 11) is 3.06. The third-order valence-electron chi connectivity index (χ3n) is 4.70. The number of carbonyl (C=O) groups excluding carboxylic acids is 1. The molecule has 0 saturated heterocycles. The SMILES string of the molecule is COc1cc(NC(=O)/C=C/c2ccccc2)c(-c2nc(-c3ccccc3)no2)cc1OC. The topological polar surface area (TPSA) is 86.5 Å². The molecule has 0 aliphatic carbocycles. The molecule has 7 heteroatoms. The highest BCUT2D eigenvalue weighted by Gasteiger charge is 2.19. The molecule has 1 aromatic heterocycles. The van der Waals surface area contributed by atoms with Crippen LogP contribution in [0.5, 0.6) is 11.5 Å². The van der Waals surface area contributed by atoms with Crippen molar-refractivity contribution < 1.29 is 18.8 Å². The Morgan fingerprint density at radius 3 is 2.28 bits per heavy atom. The van der Waals surface area contributed by atoms with Crippen molar-refractivity contribution in [2.75, 3.05) is 19.5 Å². The molecule has 0 bridgehead atoms. The highest BCUT2D eigenvalue weighted by Crippen LogP contribution is 2.38. The second-order valence-corrected chi connectivity index (χ2v) is 6.78. The van der Waals surface area contributed by atoms with Crippen LogP contribution in [0.4, 0.5) is 5.69 Å². The average molecular weight is 427 g/mol. The number of aromatic nitrogens is 2. The predicted molar refractivity (Wildman–Crippen MR) is 122 cm³/mol. The van der Waals surface area contributed by atoms with Gasteiger partial charge in [-0.1, -0.05) is 65.8 Å². The Kier molecular flexibility index (Phi) is 6.27. The molecule has 4 rings (SSSR count). The van der Waals surface area contributed by atoms with Gasteiger partial charge in [-0.05, 0) is 17.7 Å². The molecule has 3 aromatic carbocycles. The summed E-state index contributed by atoms with van der Waals surface area (Å²) < 4.78 is 16.3. The van der Waals surface area contributed by atoms with Crippen LogP contribution < -0.4 is 14.8 Å². The van der Waals surface area contributed by atoms with Crippen molar-refractivity contribution in [1.29, 1.82) is 0 Å². The van der Waals surface area contributed by atoms with Gasteiger partial charge in [-0.3, -0.25) is 4.79 Å². The monoisotopic (exact) mass is 427 g/mol. The molecule has 0 aliphatic heterocycles. The molecule has 1 heterocycles. The lowest BCUT2D eigenvalue weighted by Crippen LogP contribution is -2.09. The normalized spacial score (nSPS) is 10.8. The number of anilines is 1. The third kappa shape index (κ3) is 4.67. The fraction of sp³-hybridized carbons (Fsp3) is 0.0800. The molecule has 0 aliphatic rings. The fourth-order valence-corrected chi connectivity index (χ4v) is 3.11. The minimum atomic E-state index is -0.315. The van der Waals surface area contributed by atoms with Crippen molar-refractivity contribution in [3.8, 4) is 34.3 Å². The zero-order chi connectivity index (χ0) is 22.3. The second-order valence-electron chi connectivity index (χ2n) is 6.78. The van der Waals surface area contributed by atoms with E-state index in [1.54, 1.807) is 18.2 Å². The molecular weight excluding hydrogens is 406 g/mol. The van der Waals surface area contributed by atoms with Gasteiger partial charge in [-0.2, -0.15) is 4.98 Å². The standard InChI is InChI=1S/C25H21N3O4/c1-30-21-15-19(25-27-24(28-32-25)18-11-7-4-8-12-18)20(16-22(21)31-2)26-23(29)14-13-17-9-5-3-6-10-17/h3-16H,1-2H3,(H,26,29)/b14-13+. The number of ether oxygens (including phenoxy) is 2. The first-order valence-electron chi connectivity index (χ1n) is 9.87. The molecule has 7 nitrogen and oxygen atoms in total. The Balaban J connectivity index is 1.68. The molecule has 4 aromatic rings. The van der Waals surface area contributed by atoms with Gasteiger partial charge in [-0.15, -0.1) is 0 Å². The number of rotatable bonds is 7. The summed E-state index contributed by atoms with van der Waals surface area (Å²) in [5, 5.41) is 6.94. The minimum absolute atomic E-state index is 0.243. The molecule has 0 radical (unpaired) electrons. The second kappa shape index (κ2) is 9.61. The van der Waals surface area contributed by atoms with Crippen molar-refractivity contribution in [3.63, 3.8) is 0 Å². The smallest absolute Gasteiger partial charge is 0.260 e. The molecule has 160 valence electrons. The van der Waals surface area contributed by atoms with Gasteiger partial charge in [0.15, 0.2) is 11.5 Å². The van der Waals surface area contributed by atoms with E-state index in [0.717, 1.165) is 11.1 Å². The van der Waals surface area contributed by atoms with Crippen LogP contribution in [0.15, 0.2) is 83.4 Å². The van der Waals surface area contributed by atoms with Crippen LogP contribution in [0.25, 0.3) is 28.9 Å². The summed E-state index contributed by atoms with van der Waals surface area (Å²) >= 11 is 0. The van der Waals surface area contributed by atoms with Crippen LogP contribution in [0.2, 0.25) is 0 Å². The molecule has 0 spiro atoms. The fourth-order valence-electron chi connectivity index (χ4n) is 3.11. The summed E-state index contributed by atoms with van der Waals surface area (Å²) in [6.07, 6.45) is 3.19. The van der Waals surface area contributed by atoms with E-state index in [9.17, 15) is 4.79 Å². The number of hydrogen-bond acceptors (Lipinski definition) is 6. The van der Waals surface area contributed by atoms with Crippen LogP contribution in [0.1, 0.15) is 5.56 Å². The number of carbonyl (C=O) groups is 1. The maximum Gasteiger partial charge on any atom is 0.260 e. The van der Waals surface area contributed by atoms with Crippen LogP contribution in [-0.2, 0) is 4.79 Å². The van der Waals surface area contributed by atoms with Gasteiger partial charge in [0, 0.05) is 17.7 Å². The zero-order valence-corrected chi connectivity index (χ0v) is 17.6. The van der Waals surface area contributed by atoms with Gasteiger partial charge in [-0.25, -0.2) is 0 Å². The van der Waals surface area contributed by atoms with Gasteiger partial charge in [0.25, 0.3) is 5.89 Å². The summed E-state index contributed by atoms with van der Waals surface area (Å²) in [6.45, 7) is 0. The van der Waals surface area contributed by atoms with Crippen molar-refractivity contribution in [3.05, 3.63) is 84.4 Å². The average Bonchev–Trinajstić information content (AvgIpc) is 3.34. The van der Waals surface area contributed by atoms with E-state index in [1.807, 2.05) is 60.7 Å². The Morgan fingerprint density at radius 2 is 1.59 bits per heavy atom. The quantitative estimate of drug-likeness (QED) is 0.414. The molecular formula is C25H21N3O4. The van der Waals surface area contributed by atoms with E-state index < -0.39 is 0 Å². The first-order chi connectivity index (χ1) is 15.7. The van der Waals surface area contributed by atoms with Crippen molar-refractivity contribution in [1.82, 2.24) is 10.1 Å². The van der Waals surface area contributed by atoms with Gasteiger partial charge in [0.2, 0.25) is 11.7 Å². The molecule has 1 amide bonds. The Hall–Kier alpha value is -4.39. The van der Waals surface area contributed by atoms with E-state index in [0.29, 0.717) is 28.6 Å². The largest absolute Gasteiger partial charge is 0.493 e. The first-order valence-corrected chi connectivity index (χ1v) is 9.87. The molecule has 0 fully saturated rings. The van der Waals surface area contributed by atoms with Crippen molar-refractivity contribution >= 4 is 17.7 Å². The van der Waals surface area contributed by atoms with Crippen LogP contribution in [0.3, 0.4) is 0 Å². The lowest BCUT2D eigenvalue weighted by molar-refractivity contribution is -0.111. The van der Waals surface area contributed by atoms with Gasteiger partial charge in [0.1, 0.15) is 0 Å². The minimum Gasteiger partial charge on any atom is -0.493 e. The number of nitrogens with one attached hydrogen (secondary N) is 1. The number of amides is 1. The Bertz CT molecular complexity index is 1230. The number of benzene rings is 3. The summed E-state index contributed by atoms with van der Waals surface area (Å²) in [4.78, 5) is 17.1. The Morgan fingerprint density at radius 1 is 0.938 bits per heavy atom. The highest BCUT2D eigenvalue weighted by atomic mass is 16.5. The van der Waals surface area contributed by atoms with E-state index in [1.165, 1.54) is 20.3 Å². The lowest BCUT2D eigenvalue weighted by atomic mass is 10.1. The summed E-state index contributed by atoms with van der Waals surface area (Å²) in [5.41, 5.74) is 2.70. The highest BCUT2D eigenvalue weighted by molar-refractivity contribution is 6.04. The maximum atomic E-state index is 12.6. The van der Waals surface area contributed by atoms with Crippen LogP contribution in [-0.4, -0.2) is 30.3 Å². The van der Waals surface area contributed by atoms with E-state index in [4.69, 9.17) is 14.0 Å². The first kappa shape index (κ1) is 20.9. The number of nitrogens with zero attached hydrogens (tertiary/aromatic N) is 2. The number of hydrogen-bond donors (Lipinski definition) is 1. The molecule has 0 unspecified atom stereocenters. The molecule has 0 atom stereocenters. The van der Waals surface area contributed by atoms with Crippen LogP contribution >= 0.6 is 0 Å². The van der Waals surface area contributed by atoms with Gasteiger partial charge in [0.05, 0.1) is 25.5 Å².